The van der Waals surface area contributed by atoms with Gasteiger partial charge in [-0.15, -0.1) is 0 Å². The lowest BCUT2D eigenvalue weighted by Crippen LogP contribution is -2.36. The van der Waals surface area contributed by atoms with Crippen LogP contribution in [0.1, 0.15) is 5.56 Å². The van der Waals surface area contributed by atoms with E-state index in [4.69, 9.17) is 9.72 Å². The number of aryl methyl sites for hydroxylation is 1. The van der Waals surface area contributed by atoms with Crippen LogP contribution in [0, 0.1) is 0 Å². The maximum atomic E-state index is 11.4. The van der Waals surface area contributed by atoms with Gasteiger partial charge in [-0.25, -0.2) is 4.98 Å². The molecule has 4 rings (SSSR count). The molecule has 32 heavy (non-hydrogen) atoms. The quantitative estimate of drug-likeness (QED) is 0.464. The molecule has 1 amide bonds. The first-order valence-electron chi connectivity index (χ1n) is 10.3. The van der Waals surface area contributed by atoms with Crippen molar-refractivity contribution in [3.63, 3.8) is 0 Å². The van der Waals surface area contributed by atoms with Gasteiger partial charge in [0.25, 0.3) is 0 Å². The van der Waals surface area contributed by atoms with Gasteiger partial charge in [-0.2, -0.15) is 10.1 Å². The van der Waals surface area contributed by atoms with Gasteiger partial charge in [0.1, 0.15) is 0 Å². The van der Waals surface area contributed by atoms with Gasteiger partial charge in [0.15, 0.2) is 5.82 Å². The van der Waals surface area contributed by atoms with Crippen LogP contribution >= 0.6 is 0 Å². The van der Waals surface area contributed by atoms with Crippen LogP contribution in [0.3, 0.4) is 0 Å². The second kappa shape index (κ2) is 9.92. The number of morpholine rings is 1. The van der Waals surface area contributed by atoms with Crippen molar-refractivity contribution in [3.8, 4) is 0 Å². The molecule has 0 spiro atoms. The van der Waals surface area contributed by atoms with Crippen molar-refractivity contribution in [3.05, 3.63) is 61.1 Å². The average molecular weight is 435 g/mol. The van der Waals surface area contributed by atoms with Gasteiger partial charge in [-0.05, 0) is 23.8 Å². The number of nitrogens with one attached hydrogen (secondary N) is 3. The first-order valence-corrected chi connectivity index (χ1v) is 10.3. The summed E-state index contributed by atoms with van der Waals surface area (Å²) >= 11 is 0. The van der Waals surface area contributed by atoms with Gasteiger partial charge in [-0.3, -0.25) is 9.48 Å². The molecular formula is C22H26N8O2. The lowest BCUT2D eigenvalue weighted by molar-refractivity contribution is -0.111. The normalized spacial score (nSPS) is 13.5. The fourth-order valence-corrected chi connectivity index (χ4v) is 3.30. The Kier molecular flexibility index (Phi) is 6.61. The van der Waals surface area contributed by atoms with E-state index in [1.807, 2.05) is 43.7 Å². The van der Waals surface area contributed by atoms with E-state index in [0.717, 1.165) is 41.5 Å². The summed E-state index contributed by atoms with van der Waals surface area (Å²) in [6.07, 6.45) is 6.65. The number of aromatic nitrogens is 4. The zero-order chi connectivity index (χ0) is 22.3. The predicted octanol–water partition coefficient (Wildman–Crippen LogP) is 2.53. The Morgan fingerprint density at radius 2 is 1.97 bits per heavy atom. The lowest BCUT2D eigenvalue weighted by atomic mass is 10.2. The Labute approximate surface area is 186 Å². The van der Waals surface area contributed by atoms with Crippen LogP contribution in [0.2, 0.25) is 0 Å². The van der Waals surface area contributed by atoms with Gasteiger partial charge < -0.3 is 25.6 Å². The monoisotopic (exact) mass is 434 g/mol. The maximum absolute atomic E-state index is 11.4. The molecule has 3 heterocycles. The van der Waals surface area contributed by atoms with Crippen LogP contribution < -0.4 is 20.9 Å². The molecule has 0 saturated carbocycles. The molecule has 1 aromatic carbocycles. The van der Waals surface area contributed by atoms with E-state index < -0.39 is 0 Å². The SMILES string of the molecule is C=CC(=O)Nc1ccc(CNc2nc(Nc3cnn(C)c3)ncc2N2CCOCC2)cc1. The van der Waals surface area contributed by atoms with E-state index in [-0.39, 0.29) is 5.91 Å². The number of hydrogen-bond donors (Lipinski definition) is 3. The number of anilines is 5. The van der Waals surface area contributed by atoms with E-state index in [1.165, 1.54) is 6.08 Å². The van der Waals surface area contributed by atoms with Gasteiger partial charge in [-0.1, -0.05) is 18.7 Å². The van der Waals surface area contributed by atoms with Crippen molar-refractivity contribution in [2.75, 3.05) is 47.2 Å². The topological polar surface area (TPSA) is 109 Å². The highest BCUT2D eigenvalue weighted by Crippen LogP contribution is 2.27. The van der Waals surface area contributed by atoms with Crippen molar-refractivity contribution in [1.29, 1.82) is 0 Å². The summed E-state index contributed by atoms with van der Waals surface area (Å²) in [6, 6.07) is 7.62. The molecule has 0 unspecified atom stereocenters. The Hall–Kier alpha value is -3.92. The summed E-state index contributed by atoms with van der Waals surface area (Å²) in [7, 11) is 1.86. The maximum Gasteiger partial charge on any atom is 0.247 e. The van der Waals surface area contributed by atoms with E-state index in [1.54, 1.807) is 10.9 Å². The number of ether oxygens (including phenoxy) is 1. The summed E-state index contributed by atoms with van der Waals surface area (Å²) in [6.45, 7) is 6.94. The fraction of sp³-hybridized carbons (Fsp3) is 0.273. The van der Waals surface area contributed by atoms with E-state index in [2.05, 4.69) is 37.5 Å². The number of carbonyl (C=O) groups is 1. The van der Waals surface area contributed by atoms with Gasteiger partial charge in [0, 0.05) is 38.6 Å². The summed E-state index contributed by atoms with van der Waals surface area (Å²) in [5, 5.41) is 13.5. The molecule has 1 fully saturated rings. The summed E-state index contributed by atoms with van der Waals surface area (Å²) in [4.78, 5) is 22.9. The number of amides is 1. The lowest BCUT2D eigenvalue weighted by Gasteiger charge is -2.30. The summed E-state index contributed by atoms with van der Waals surface area (Å²) in [5.74, 6) is 0.984. The molecule has 3 aromatic rings. The Bertz CT molecular complexity index is 1070. The molecular weight excluding hydrogens is 408 g/mol. The molecule has 0 bridgehead atoms. The average Bonchev–Trinajstić information content (AvgIpc) is 3.23. The molecule has 0 aliphatic carbocycles. The third kappa shape index (κ3) is 5.41. The fourth-order valence-electron chi connectivity index (χ4n) is 3.30. The van der Waals surface area contributed by atoms with E-state index in [9.17, 15) is 4.79 Å². The summed E-state index contributed by atoms with van der Waals surface area (Å²) in [5.41, 5.74) is 3.52. The van der Waals surface area contributed by atoms with Crippen molar-refractivity contribution in [1.82, 2.24) is 19.7 Å². The minimum atomic E-state index is -0.236. The smallest absolute Gasteiger partial charge is 0.247 e. The molecule has 10 heteroatoms. The molecule has 10 nitrogen and oxygen atoms in total. The molecule has 3 N–H and O–H groups in total. The molecule has 1 aliphatic rings. The zero-order valence-corrected chi connectivity index (χ0v) is 17.9. The second-order valence-electron chi connectivity index (χ2n) is 7.30. The first kappa shape index (κ1) is 21.3. The van der Waals surface area contributed by atoms with Crippen LogP contribution in [0.5, 0.6) is 0 Å². The van der Waals surface area contributed by atoms with E-state index >= 15 is 0 Å². The molecule has 1 aliphatic heterocycles. The summed E-state index contributed by atoms with van der Waals surface area (Å²) < 4.78 is 7.19. The van der Waals surface area contributed by atoms with Crippen LogP contribution in [0.15, 0.2) is 55.5 Å². The number of carbonyl (C=O) groups excluding carboxylic acids is 1. The van der Waals surface area contributed by atoms with Gasteiger partial charge in [0.2, 0.25) is 11.9 Å². The highest BCUT2D eigenvalue weighted by atomic mass is 16.5. The second-order valence-corrected chi connectivity index (χ2v) is 7.30. The number of nitrogens with zero attached hydrogens (tertiary/aromatic N) is 5. The molecule has 1 saturated heterocycles. The molecule has 166 valence electrons. The van der Waals surface area contributed by atoms with Crippen LogP contribution in [-0.4, -0.2) is 52.0 Å². The Morgan fingerprint density at radius 1 is 1.19 bits per heavy atom. The minimum Gasteiger partial charge on any atom is -0.378 e. The molecule has 0 radical (unpaired) electrons. The molecule has 0 atom stereocenters. The Morgan fingerprint density at radius 3 is 2.66 bits per heavy atom. The van der Waals surface area contributed by atoms with Crippen LogP contribution in [0.25, 0.3) is 0 Å². The zero-order valence-electron chi connectivity index (χ0n) is 17.9. The van der Waals surface area contributed by atoms with E-state index in [0.29, 0.717) is 25.7 Å². The van der Waals surface area contributed by atoms with Crippen LogP contribution in [0.4, 0.5) is 28.8 Å². The standard InChI is InChI=1S/C22H26N8O2/c1-3-20(31)26-17-6-4-16(5-7-17)12-23-21-19(30-8-10-32-11-9-30)14-24-22(28-21)27-18-13-25-29(2)15-18/h3-7,13-15H,1,8-12H2,2H3,(H,26,31)(H2,23,24,27,28). The highest BCUT2D eigenvalue weighted by Gasteiger charge is 2.17. The van der Waals surface area contributed by atoms with Gasteiger partial charge >= 0.3 is 0 Å². The van der Waals surface area contributed by atoms with Gasteiger partial charge in [0.05, 0.1) is 37.0 Å². The van der Waals surface area contributed by atoms with Crippen molar-refractivity contribution in [2.24, 2.45) is 7.05 Å². The molecule has 2 aromatic heterocycles. The predicted molar refractivity (Wildman–Crippen MR) is 124 cm³/mol. The number of benzene rings is 1. The highest BCUT2D eigenvalue weighted by molar-refractivity contribution is 5.98. The number of rotatable bonds is 8. The number of hydrogen-bond acceptors (Lipinski definition) is 8. The third-order valence-electron chi connectivity index (χ3n) is 4.95. The van der Waals surface area contributed by atoms with Crippen molar-refractivity contribution < 1.29 is 9.53 Å². The first-order chi connectivity index (χ1) is 15.6. The Balaban J connectivity index is 1.50. The minimum absolute atomic E-state index is 0.236. The van der Waals surface area contributed by atoms with Crippen LogP contribution in [-0.2, 0) is 23.1 Å². The van der Waals surface area contributed by atoms with Crippen molar-refractivity contribution in [2.45, 2.75) is 6.54 Å². The third-order valence-corrected chi connectivity index (χ3v) is 4.95. The largest absolute Gasteiger partial charge is 0.378 e. The van der Waals surface area contributed by atoms with Crippen molar-refractivity contribution >= 4 is 34.7 Å².